The summed E-state index contributed by atoms with van der Waals surface area (Å²) in [6.07, 6.45) is -0.247. The molecule has 1 spiro atoms. The van der Waals surface area contributed by atoms with Crippen LogP contribution >= 0.6 is 0 Å². The molecule has 0 aliphatic carbocycles. The summed E-state index contributed by atoms with van der Waals surface area (Å²) in [5, 5.41) is 17.5. The molecule has 11 nitrogen and oxygen atoms in total. The molecule has 12 heteroatoms. The van der Waals surface area contributed by atoms with Crippen LogP contribution in [-0.2, 0) is 21.7 Å². The third-order valence-corrected chi connectivity index (χ3v) is 12.9. The number of aliphatic hydroxyl groups excluding tert-OH is 1. The molecule has 250 valence electrons. The molecule has 4 aromatic carbocycles. The number of H-pyrrole nitrogens is 2. The summed E-state index contributed by atoms with van der Waals surface area (Å²) >= 11 is 0. The highest BCUT2D eigenvalue weighted by Gasteiger charge is 2.66. The van der Waals surface area contributed by atoms with E-state index in [1.807, 2.05) is 98.9 Å². The Bertz CT molecular complexity index is 2370. The first-order chi connectivity index (χ1) is 23.5. The zero-order valence-corrected chi connectivity index (χ0v) is 28.4. The summed E-state index contributed by atoms with van der Waals surface area (Å²) < 4.78 is 9.77. The van der Waals surface area contributed by atoms with Gasteiger partial charge in [-0.1, -0.05) is 43.3 Å². The lowest BCUT2D eigenvalue weighted by atomic mass is 9.82. The van der Waals surface area contributed by atoms with Crippen molar-refractivity contribution in [1.29, 1.82) is 0 Å². The van der Waals surface area contributed by atoms with Crippen LogP contribution < -0.4 is 16.0 Å². The first kappa shape index (κ1) is 31.3. The highest BCUT2D eigenvalue weighted by atomic mass is 28.4. The van der Waals surface area contributed by atoms with E-state index in [4.69, 9.17) is 4.74 Å². The molecule has 8 rings (SSSR count). The number of para-hydroxylation sites is 2. The molecule has 0 radical (unpaired) electrons. The Balaban J connectivity index is 1.22. The van der Waals surface area contributed by atoms with Crippen molar-refractivity contribution < 1.29 is 19.4 Å². The number of rotatable bonds is 7. The number of aromatic nitrogens is 4. The molecule has 0 saturated carbocycles. The summed E-state index contributed by atoms with van der Waals surface area (Å²) in [6, 6.07) is 27.6. The van der Waals surface area contributed by atoms with Gasteiger partial charge >= 0.3 is 0 Å². The number of nitrogens with zero attached hydrogens (tertiary/aromatic N) is 3. The molecule has 4 heterocycles. The number of hydrogen-bond acceptors (Lipinski definition) is 6. The van der Waals surface area contributed by atoms with E-state index in [1.165, 1.54) is 9.36 Å². The topological polar surface area (TPSA) is 146 Å². The van der Waals surface area contributed by atoms with E-state index >= 15 is 0 Å². The Kier molecular flexibility index (Phi) is 7.19. The van der Waals surface area contributed by atoms with E-state index in [2.05, 4.69) is 10.2 Å². The number of fused-ring (bicyclic) bond motifs is 4. The Hall–Kier alpha value is -5.01. The molecular weight excluding hydrogens is 639 g/mol. The summed E-state index contributed by atoms with van der Waals surface area (Å²) in [7, 11) is -2.89. The lowest BCUT2D eigenvalue weighted by Gasteiger charge is -2.32. The SMILES string of the molecule is C[C@@H]1[C@@H]([Si](C)(C)O)[C@H](CCO)O[C@@]12C(=O)N(Cc1ccc(-n3[nH]c4ccccc4c3=O)cc1)c1ccc(-n3[nH]c4ccccc4c3=O)cc12. The molecule has 0 unspecified atom stereocenters. The van der Waals surface area contributed by atoms with E-state index in [9.17, 15) is 24.3 Å². The van der Waals surface area contributed by atoms with Crippen LogP contribution in [0.4, 0.5) is 5.69 Å². The molecule has 0 bridgehead atoms. The normalized spacial score (nSPS) is 22.2. The van der Waals surface area contributed by atoms with E-state index in [1.54, 1.807) is 17.0 Å². The van der Waals surface area contributed by atoms with Crippen LogP contribution in [0.2, 0.25) is 18.6 Å². The van der Waals surface area contributed by atoms with Gasteiger partial charge in [0, 0.05) is 23.6 Å². The lowest BCUT2D eigenvalue weighted by molar-refractivity contribution is -0.146. The highest BCUT2D eigenvalue weighted by Crippen LogP contribution is 2.60. The highest BCUT2D eigenvalue weighted by molar-refractivity contribution is 6.71. The van der Waals surface area contributed by atoms with Gasteiger partial charge in [-0.15, -0.1) is 0 Å². The summed E-state index contributed by atoms with van der Waals surface area (Å²) in [5.41, 5.74) is 2.66. The third-order valence-electron chi connectivity index (χ3n) is 10.4. The van der Waals surface area contributed by atoms with Crippen LogP contribution in [0.1, 0.15) is 24.5 Å². The van der Waals surface area contributed by atoms with Gasteiger partial charge in [-0.3, -0.25) is 24.6 Å². The fourth-order valence-corrected chi connectivity index (χ4v) is 10.8. The third kappa shape index (κ3) is 4.70. The Labute approximate surface area is 282 Å². The van der Waals surface area contributed by atoms with Crippen molar-refractivity contribution in [3.05, 3.63) is 123 Å². The van der Waals surface area contributed by atoms with Crippen LogP contribution in [0.5, 0.6) is 0 Å². The zero-order valence-electron chi connectivity index (χ0n) is 27.4. The number of aromatic amines is 2. The van der Waals surface area contributed by atoms with Crippen molar-refractivity contribution in [2.75, 3.05) is 11.5 Å². The maximum atomic E-state index is 14.9. The first-order valence-corrected chi connectivity index (χ1v) is 19.5. The Morgan fingerprint density at radius 3 is 1.96 bits per heavy atom. The van der Waals surface area contributed by atoms with Crippen LogP contribution in [-0.4, -0.2) is 56.4 Å². The lowest BCUT2D eigenvalue weighted by Crippen LogP contribution is -2.46. The number of ether oxygens (including phenoxy) is 1. The number of anilines is 1. The second-order valence-electron chi connectivity index (χ2n) is 13.7. The number of carbonyl (C=O) groups is 1. The maximum absolute atomic E-state index is 14.9. The Morgan fingerprint density at radius 1 is 0.816 bits per heavy atom. The van der Waals surface area contributed by atoms with Gasteiger partial charge in [-0.2, -0.15) is 0 Å². The maximum Gasteiger partial charge on any atom is 0.279 e. The number of hydrogen-bond donors (Lipinski definition) is 4. The largest absolute Gasteiger partial charge is 0.432 e. The van der Waals surface area contributed by atoms with Crippen LogP contribution in [0.25, 0.3) is 33.2 Å². The summed E-state index contributed by atoms with van der Waals surface area (Å²) in [5.74, 6) is -0.673. The van der Waals surface area contributed by atoms with Crippen molar-refractivity contribution in [2.24, 2.45) is 5.92 Å². The predicted molar refractivity (Wildman–Crippen MR) is 190 cm³/mol. The van der Waals surface area contributed by atoms with Gasteiger partial charge < -0.3 is 19.5 Å². The van der Waals surface area contributed by atoms with E-state index < -0.39 is 25.9 Å². The van der Waals surface area contributed by atoms with Gasteiger partial charge in [-0.25, -0.2) is 9.36 Å². The minimum absolute atomic E-state index is 0.143. The van der Waals surface area contributed by atoms with Crippen molar-refractivity contribution >= 4 is 41.7 Å². The molecule has 2 aromatic heterocycles. The van der Waals surface area contributed by atoms with E-state index in [0.29, 0.717) is 38.9 Å². The standard InChI is InChI=1S/C37H37N5O6Si/c1-22-33(49(2,3)47)32(18-19-43)48-37(22)28-20-25(42-35(45)27-9-5-7-11-30(27)39-42)16-17-31(28)40(36(37)46)21-23-12-14-24(15-13-23)41-34(44)26-8-4-6-10-29(26)38-41/h4-17,20,22,32-33,38-39,43,47H,18-19,21H2,1-3H3/t22-,32+,33-,37+/m1/s1. The van der Waals surface area contributed by atoms with Crippen molar-refractivity contribution in [2.45, 2.75) is 50.2 Å². The van der Waals surface area contributed by atoms with Crippen LogP contribution in [0, 0.1) is 5.92 Å². The zero-order chi connectivity index (χ0) is 34.2. The molecule has 4 atom stereocenters. The van der Waals surface area contributed by atoms with Crippen LogP contribution in [0.3, 0.4) is 0 Å². The van der Waals surface area contributed by atoms with Gasteiger partial charge in [0.2, 0.25) is 0 Å². The van der Waals surface area contributed by atoms with Crippen molar-refractivity contribution in [3.8, 4) is 11.4 Å². The minimum Gasteiger partial charge on any atom is -0.432 e. The van der Waals surface area contributed by atoms with Gasteiger partial charge in [0.25, 0.3) is 17.0 Å². The molecule has 2 aliphatic heterocycles. The number of nitrogens with one attached hydrogen (secondary N) is 2. The monoisotopic (exact) mass is 675 g/mol. The molecule has 1 fully saturated rings. The number of carbonyl (C=O) groups excluding carboxylic acids is 1. The van der Waals surface area contributed by atoms with E-state index in [-0.39, 0.29) is 42.1 Å². The smallest absolute Gasteiger partial charge is 0.279 e. The Morgan fingerprint density at radius 2 is 1.39 bits per heavy atom. The summed E-state index contributed by atoms with van der Waals surface area (Å²) in [4.78, 5) is 54.5. The average molecular weight is 676 g/mol. The van der Waals surface area contributed by atoms with Gasteiger partial charge in [-0.05, 0) is 79.7 Å². The summed E-state index contributed by atoms with van der Waals surface area (Å²) in [6.45, 7) is 5.73. The van der Waals surface area contributed by atoms with E-state index in [0.717, 1.165) is 11.1 Å². The van der Waals surface area contributed by atoms with Gasteiger partial charge in [0.05, 0.1) is 51.5 Å². The molecule has 49 heavy (non-hydrogen) atoms. The number of aliphatic hydroxyl groups is 1. The van der Waals surface area contributed by atoms with Gasteiger partial charge in [0.1, 0.15) is 0 Å². The number of amides is 1. The first-order valence-electron chi connectivity index (χ1n) is 16.5. The average Bonchev–Trinajstić information content (AvgIpc) is 3.77. The molecule has 4 N–H and O–H groups in total. The number of benzene rings is 4. The minimum atomic E-state index is -2.89. The van der Waals surface area contributed by atoms with Crippen LogP contribution in [0.15, 0.2) is 101 Å². The molecule has 1 amide bonds. The second kappa shape index (κ2) is 11.3. The van der Waals surface area contributed by atoms with Crippen molar-refractivity contribution in [3.63, 3.8) is 0 Å². The fourth-order valence-electron chi connectivity index (χ4n) is 8.17. The quantitative estimate of drug-likeness (QED) is 0.181. The van der Waals surface area contributed by atoms with Gasteiger partial charge in [0.15, 0.2) is 13.9 Å². The molecule has 6 aromatic rings. The van der Waals surface area contributed by atoms with Crippen molar-refractivity contribution in [1.82, 2.24) is 19.6 Å². The molecule has 1 saturated heterocycles. The second-order valence-corrected chi connectivity index (χ2v) is 17.7. The fraction of sp³-hybridized carbons (Fsp3) is 0.270. The molecular formula is C37H37N5O6Si. The predicted octanol–water partition coefficient (Wildman–Crippen LogP) is 4.68. The molecule has 2 aliphatic rings.